The third-order valence-corrected chi connectivity index (χ3v) is 5.55. The van der Waals surface area contributed by atoms with E-state index in [0.29, 0.717) is 25.3 Å². The van der Waals surface area contributed by atoms with Gasteiger partial charge in [-0.2, -0.15) is 0 Å². The van der Waals surface area contributed by atoms with Crippen LogP contribution in [0.2, 0.25) is 0 Å². The molecule has 0 unspecified atom stereocenters. The third kappa shape index (κ3) is 4.45. The fraction of sp³-hybridized carbons (Fsp3) is 0.231. The van der Waals surface area contributed by atoms with Crippen LogP contribution in [-0.4, -0.2) is 25.0 Å². The zero-order valence-electron chi connectivity index (χ0n) is 17.9. The average molecular weight is 415 g/mol. The van der Waals surface area contributed by atoms with Gasteiger partial charge in [0.2, 0.25) is 0 Å². The molecule has 1 heterocycles. The van der Waals surface area contributed by atoms with E-state index in [0.717, 1.165) is 40.1 Å². The Bertz CT molecular complexity index is 1110. The van der Waals surface area contributed by atoms with Crippen molar-refractivity contribution in [3.63, 3.8) is 0 Å². The number of nitrogens with zero attached hydrogens (tertiary/aromatic N) is 1. The normalized spacial score (nSPS) is 12.4. The molecule has 4 rings (SSSR count). The fourth-order valence-electron chi connectivity index (χ4n) is 3.86. The summed E-state index contributed by atoms with van der Waals surface area (Å²) in [4.78, 5) is 27.5. The van der Waals surface area contributed by atoms with E-state index in [1.54, 1.807) is 24.3 Å². The summed E-state index contributed by atoms with van der Waals surface area (Å²) >= 11 is 0. The highest BCUT2D eigenvalue weighted by atomic mass is 16.5. The first kappa shape index (κ1) is 20.7. The highest BCUT2D eigenvalue weighted by Crippen LogP contribution is 2.31. The van der Waals surface area contributed by atoms with Crippen LogP contribution in [0.4, 0.5) is 5.69 Å². The number of benzene rings is 3. The van der Waals surface area contributed by atoms with Gasteiger partial charge in [0.05, 0.1) is 6.61 Å². The molecule has 1 aliphatic heterocycles. The molecule has 0 spiro atoms. The zero-order chi connectivity index (χ0) is 21.8. The maximum atomic E-state index is 13.1. The Morgan fingerprint density at radius 2 is 1.81 bits per heavy atom. The number of hydrogen-bond donors (Lipinski definition) is 1. The van der Waals surface area contributed by atoms with Gasteiger partial charge in [0.1, 0.15) is 5.75 Å². The van der Waals surface area contributed by atoms with E-state index in [1.165, 1.54) is 0 Å². The summed E-state index contributed by atoms with van der Waals surface area (Å²) in [7, 11) is 0. The Labute approximate surface area is 182 Å². The molecule has 158 valence electrons. The summed E-state index contributed by atoms with van der Waals surface area (Å²) in [5.74, 6) is 0.625. The van der Waals surface area contributed by atoms with Crippen LogP contribution in [0.1, 0.15) is 44.3 Å². The van der Waals surface area contributed by atoms with Gasteiger partial charge in [-0.1, -0.05) is 30.3 Å². The first-order valence-corrected chi connectivity index (χ1v) is 10.6. The molecule has 0 atom stereocenters. The van der Waals surface area contributed by atoms with Gasteiger partial charge in [0, 0.05) is 29.9 Å². The van der Waals surface area contributed by atoms with E-state index < -0.39 is 0 Å². The van der Waals surface area contributed by atoms with Crippen molar-refractivity contribution in [2.45, 2.75) is 26.8 Å². The molecule has 0 saturated carbocycles. The molecule has 3 aromatic carbocycles. The molecule has 1 aliphatic rings. The summed E-state index contributed by atoms with van der Waals surface area (Å²) in [6.07, 6.45) is 0.839. The Balaban J connectivity index is 1.46. The van der Waals surface area contributed by atoms with Gasteiger partial charge in [-0.25, -0.2) is 0 Å². The summed E-state index contributed by atoms with van der Waals surface area (Å²) in [6.45, 7) is 5.54. The molecular weight excluding hydrogens is 388 g/mol. The summed E-state index contributed by atoms with van der Waals surface area (Å²) < 4.78 is 5.42. The number of anilines is 1. The molecule has 1 N–H and O–H groups in total. The molecular formula is C26H26N2O3. The molecule has 3 aromatic rings. The van der Waals surface area contributed by atoms with Crippen LogP contribution in [0.15, 0.2) is 66.7 Å². The number of carbonyl (C=O) groups excluding carboxylic acids is 2. The lowest BCUT2D eigenvalue weighted by Gasteiger charge is -2.19. The lowest BCUT2D eigenvalue weighted by atomic mass is 10.1. The van der Waals surface area contributed by atoms with E-state index in [-0.39, 0.29) is 11.8 Å². The molecule has 2 amide bonds. The van der Waals surface area contributed by atoms with Crippen LogP contribution in [-0.2, 0) is 13.0 Å². The number of nitrogens with one attached hydrogen (secondary N) is 1. The standard InChI is InChI=1S/C26H26N2O3/c1-3-31-22-12-10-21(11-13-22)25(29)27-17-19-8-9-20-14-15-28(24(20)16-19)26(30)23-7-5-4-6-18(23)2/h4-13,16H,3,14-15,17H2,1-2H3,(H,27,29). The highest BCUT2D eigenvalue weighted by molar-refractivity contribution is 6.08. The molecule has 5 nitrogen and oxygen atoms in total. The lowest BCUT2D eigenvalue weighted by molar-refractivity contribution is 0.0949. The van der Waals surface area contributed by atoms with E-state index in [2.05, 4.69) is 11.4 Å². The monoisotopic (exact) mass is 414 g/mol. The van der Waals surface area contributed by atoms with Gasteiger partial charge in [0.25, 0.3) is 11.8 Å². The second kappa shape index (κ2) is 9.04. The largest absolute Gasteiger partial charge is 0.494 e. The van der Waals surface area contributed by atoms with Gasteiger partial charge in [-0.15, -0.1) is 0 Å². The smallest absolute Gasteiger partial charge is 0.258 e. The molecule has 31 heavy (non-hydrogen) atoms. The SMILES string of the molecule is CCOc1ccc(C(=O)NCc2ccc3c(c2)N(C(=O)c2ccccc2C)CC3)cc1. The predicted octanol–water partition coefficient (Wildman–Crippen LogP) is 4.53. The summed E-state index contributed by atoms with van der Waals surface area (Å²) in [5, 5.41) is 2.96. The maximum absolute atomic E-state index is 13.1. The quantitative estimate of drug-likeness (QED) is 0.645. The van der Waals surface area contributed by atoms with Crippen molar-refractivity contribution in [2.24, 2.45) is 0 Å². The average Bonchev–Trinajstić information content (AvgIpc) is 3.21. The van der Waals surface area contributed by atoms with Gasteiger partial charge in [-0.3, -0.25) is 9.59 Å². The Morgan fingerprint density at radius 3 is 2.55 bits per heavy atom. The molecule has 0 fully saturated rings. The van der Waals surface area contributed by atoms with E-state index >= 15 is 0 Å². The predicted molar refractivity (Wildman–Crippen MR) is 122 cm³/mol. The molecule has 5 heteroatoms. The molecule has 0 saturated heterocycles. The second-order valence-electron chi connectivity index (χ2n) is 7.62. The minimum Gasteiger partial charge on any atom is -0.494 e. The van der Waals surface area contributed by atoms with Gasteiger partial charge >= 0.3 is 0 Å². The minimum atomic E-state index is -0.142. The van der Waals surface area contributed by atoms with Crippen molar-refractivity contribution in [2.75, 3.05) is 18.1 Å². The number of carbonyl (C=O) groups is 2. The molecule has 0 aliphatic carbocycles. The van der Waals surface area contributed by atoms with Crippen LogP contribution >= 0.6 is 0 Å². The second-order valence-corrected chi connectivity index (χ2v) is 7.62. The number of aryl methyl sites for hydroxylation is 1. The number of hydrogen-bond acceptors (Lipinski definition) is 3. The van der Waals surface area contributed by atoms with Gasteiger partial charge in [-0.05, 0) is 73.4 Å². The third-order valence-electron chi connectivity index (χ3n) is 5.55. The number of ether oxygens (including phenoxy) is 1. The van der Waals surface area contributed by atoms with Crippen molar-refractivity contribution in [1.29, 1.82) is 0 Å². The molecule has 0 aromatic heterocycles. The van der Waals surface area contributed by atoms with E-state index in [4.69, 9.17) is 4.74 Å². The van der Waals surface area contributed by atoms with Crippen LogP contribution in [0.25, 0.3) is 0 Å². The maximum Gasteiger partial charge on any atom is 0.258 e. The van der Waals surface area contributed by atoms with Crippen LogP contribution in [0.5, 0.6) is 5.75 Å². The Kier molecular flexibility index (Phi) is 6.03. The fourth-order valence-corrected chi connectivity index (χ4v) is 3.86. The van der Waals surface area contributed by atoms with E-state index in [9.17, 15) is 9.59 Å². The lowest BCUT2D eigenvalue weighted by Crippen LogP contribution is -2.29. The Hall–Kier alpha value is -3.60. The highest BCUT2D eigenvalue weighted by Gasteiger charge is 2.26. The number of amides is 2. The molecule has 0 radical (unpaired) electrons. The number of fused-ring (bicyclic) bond motifs is 1. The van der Waals surface area contributed by atoms with Crippen LogP contribution in [0.3, 0.4) is 0 Å². The summed E-state index contributed by atoms with van der Waals surface area (Å²) in [5.41, 5.74) is 5.33. The van der Waals surface area contributed by atoms with Gasteiger partial charge in [0.15, 0.2) is 0 Å². The number of rotatable bonds is 6. The Morgan fingerprint density at radius 1 is 1.03 bits per heavy atom. The first-order valence-electron chi connectivity index (χ1n) is 10.6. The van der Waals surface area contributed by atoms with Crippen molar-refractivity contribution in [1.82, 2.24) is 5.32 Å². The van der Waals surface area contributed by atoms with Gasteiger partial charge < -0.3 is 15.0 Å². The topological polar surface area (TPSA) is 58.6 Å². The molecule has 0 bridgehead atoms. The summed E-state index contributed by atoms with van der Waals surface area (Å²) in [6, 6.07) is 20.8. The minimum absolute atomic E-state index is 0.0208. The van der Waals surface area contributed by atoms with Crippen molar-refractivity contribution < 1.29 is 14.3 Å². The van der Waals surface area contributed by atoms with Crippen LogP contribution in [0, 0.1) is 6.92 Å². The van der Waals surface area contributed by atoms with Crippen molar-refractivity contribution in [3.8, 4) is 5.75 Å². The van der Waals surface area contributed by atoms with Crippen molar-refractivity contribution >= 4 is 17.5 Å². The van der Waals surface area contributed by atoms with Crippen LogP contribution < -0.4 is 15.0 Å². The zero-order valence-corrected chi connectivity index (χ0v) is 17.9. The van der Waals surface area contributed by atoms with Crippen molar-refractivity contribution in [3.05, 3.63) is 94.5 Å². The first-order chi connectivity index (χ1) is 15.1. The van der Waals surface area contributed by atoms with E-state index in [1.807, 2.05) is 55.1 Å².